The minimum absolute atomic E-state index is 0.105. The van der Waals surface area contributed by atoms with E-state index < -0.39 is 0 Å². The van der Waals surface area contributed by atoms with Crippen molar-refractivity contribution in [1.82, 2.24) is 9.80 Å². The zero-order valence-electron chi connectivity index (χ0n) is 16.6. The number of benzene rings is 2. The summed E-state index contributed by atoms with van der Waals surface area (Å²) in [4.78, 5) is 16.9. The highest BCUT2D eigenvalue weighted by atomic mass is 16.6. The van der Waals surface area contributed by atoms with Crippen LogP contribution in [0.5, 0.6) is 0 Å². The Morgan fingerprint density at radius 2 is 1.59 bits per heavy atom. The molecular weight excluding hydrogens is 360 g/mol. The van der Waals surface area contributed by atoms with Gasteiger partial charge in [-0.3, -0.25) is 4.90 Å². The predicted octanol–water partition coefficient (Wildman–Crippen LogP) is 3.96. The molecule has 0 spiro atoms. The molecule has 0 bridgehead atoms. The van der Waals surface area contributed by atoms with Crippen LogP contribution in [-0.2, 0) is 4.74 Å². The van der Waals surface area contributed by atoms with Gasteiger partial charge in [0.25, 0.3) is 0 Å². The number of rotatable bonds is 4. The van der Waals surface area contributed by atoms with Crippen molar-refractivity contribution in [2.45, 2.75) is 24.8 Å². The van der Waals surface area contributed by atoms with Crippen molar-refractivity contribution in [2.24, 2.45) is 5.92 Å². The largest absolute Gasteiger partial charge is 0.448 e. The van der Waals surface area contributed by atoms with E-state index in [0.717, 1.165) is 13.1 Å². The first-order chi connectivity index (χ1) is 14.3. The lowest BCUT2D eigenvalue weighted by Crippen LogP contribution is -2.52. The third-order valence-electron chi connectivity index (χ3n) is 6.54. The number of piperazine rings is 1. The standard InChI is InChI=1S/C25H26N2O2/c1-2-24(18-11-12-18)26-13-15-27(16-14-26)25(28)29-17-23-21-9-5-3-7-19(21)20-8-4-6-10-22(20)23/h1,3-10,18,23-24H,11-17H2. The minimum Gasteiger partial charge on any atom is -0.448 e. The Kier molecular flexibility index (Phi) is 4.77. The molecule has 1 atom stereocenters. The zero-order chi connectivity index (χ0) is 19.8. The first-order valence-electron chi connectivity index (χ1n) is 10.6. The van der Waals surface area contributed by atoms with Crippen LogP contribution in [0.1, 0.15) is 29.9 Å². The van der Waals surface area contributed by atoms with Crippen LogP contribution in [0.2, 0.25) is 0 Å². The van der Waals surface area contributed by atoms with Crippen LogP contribution in [0.25, 0.3) is 11.1 Å². The molecule has 148 valence electrons. The first-order valence-corrected chi connectivity index (χ1v) is 10.6. The molecule has 4 heteroatoms. The Hall–Kier alpha value is -2.77. The number of terminal acetylenes is 1. The molecule has 29 heavy (non-hydrogen) atoms. The van der Waals surface area contributed by atoms with Crippen LogP contribution in [0.4, 0.5) is 4.79 Å². The molecule has 1 saturated heterocycles. The second-order valence-electron chi connectivity index (χ2n) is 8.28. The Bertz CT molecular complexity index is 906. The molecule has 1 unspecified atom stereocenters. The fraction of sp³-hybridized carbons (Fsp3) is 0.400. The zero-order valence-corrected chi connectivity index (χ0v) is 16.6. The van der Waals surface area contributed by atoms with Crippen molar-refractivity contribution in [3.8, 4) is 23.5 Å². The van der Waals surface area contributed by atoms with Crippen molar-refractivity contribution in [3.05, 3.63) is 59.7 Å². The molecule has 2 aliphatic carbocycles. The summed E-state index contributed by atoms with van der Waals surface area (Å²) >= 11 is 0. The second kappa shape index (κ2) is 7.57. The van der Waals surface area contributed by atoms with Crippen LogP contribution >= 0.6 is 0 Å². The third-order valence-corrected chi connectivity index (χ3v) is 6.54. The fourth-order valence-electron chi connectivity index (χ4n) is 4.82. The summed E-state index contributed by atoms with van der Waals surface area (Å²) in [5, 5.41) is 0. The van der Waals surface area contributed by atoms with Crippen molar-refractivity contribution < 1.29 is 9.53 Å². The predicted molar refractivity (Wildman–Crippen MR) is 114 cm³/mol. The summed E-state index contributed by atoms with van der Waals surface area (Å²) < 4.78 is 5.79. The van der Waals surface area contributed by atoms with E-state index in [1.54, 1.807) is 0 Å². The van der Waals surface area contributed by atoms with E-state index in [4.69, 9.17) is 11.2 Å². The van der Waals surface area contributed by atoms with Gasteiger partial charge >= 0.3 is 6.09 Å². The normalized spacial score (nSPS) is 19.9. The van der Waals surface area contributed by atoms with Crippen molar-refractivity contribution in [2.75, 3.05) is 32.8 Å². The van der Waals surface area contributed by atoms with Gasteiger partial charge in [0.1, 0.15) is 6.61 Å². The van der Waals surface area contributed by atoms with E-state index >= 15 is 0 Å². The number of carbonyl (C=O) groups is 1. The summed E-state index contributed by atoms with van der Waals surface area (Å²) in [5.41, 5.74) is 4.98. The Labute approximate surface area is 172 Å². The van der Waals surface area contributed by atoms with Crippen LogP contribution < -0.4 is 0 Å². The van der Waals surface area contributed by atoms with E-state index in [-0.39, 0.29) is 18.1 Å². The average molecular weight is 386 g/mol. The number of hydrogen-bond donors (Lipinski definition) is 0. The van der Waals surface area contributed by atoms with E-state index in [9.17, 15) is 4.79 Å². The molecule has 1 heterocycles. The number of carbonyl (C=O) groups excluding carboxylic acids is 1. The first kappa shape index (κ1) is 18.3. The molecule has 3 aliphatic rings. The van der Waals surface area contributed by atoms with Crippen molar-refractivity contribution >= 4 is 6.09 Å². The molecule has 2 fully saturated rings. The van der Waals surface area contributed by atoms with Crippen LogP contribution in [0.3, 0.4) is 0 Å². The van der Waals surface area contributed by atoms with Gasteiger partial charge in [0.15, 0.2) is 0 Å². The summed E-state index contributed by atoms with van der Waals surface area (Å²) in [6.45, 7) is 3.40. The number of ether oxygens (including phenoxy) is 1. The molecule has 1 amide bonds. The van der Waals surface area contributed by atoms with Gasteiger partial charge in [0.2, 0.25) is 0 Å². The Morgan fingerprint density at radius 1 is 1.00 bits per heavy atom. The summed E-state index contributed by atoms with van der Waals surface area (Å²) in [6.07, 6.45) is 8.00. The number of hydrogen-bond acceptors (Lipinski definition) is 3. The lowest BCUT2D eigenvalue weighted by atomic mass is 9.98. The quantitative estimate of drug-likeness (QED) is 0.746. The van der Waals surface area contributed by atoms with E-state index in [1.807, 2.05) is 4.90 Å². The number of nitrogens with zero attached hydrogens (tertiary/aromatic N) is 2. The highest BCUT2D eigenvalue weighted by Crippen LogP contribution is 2.44. The summed E-state index contributed by atoms with van der Waals surface area (Å²) in [7, 11) is 0. The molecule has 1 saturated carbocycles. The molecule has 5 rings (SSSR count). The molecule has 1 aliphatic heterocycles. The van der Waals surface area contributed by atoms with E-state index in [0.29, 0.717) is 25.6 Å². The molecule has 2 aromatic carbocycles. The Balaban J connectivity index is 1.21. The van der Waals surface area contributed by atoms with E-state index in [2.05, 4.69) is 59.4 Å². The average Bonchev–Trinajstić information content (AvgIpc) is 3.55. The topological polar surface area (TPSA) is 32.8 Å². The van der Waals surface area contributed by atoms with Gasteiger partial charge in [-0.25, -0.2) is 4.79 Å². The molecule has 0 aromatic heterocycles. The molecule has 4 nitrogen and oxygen atoms in total. The van der Waals surface area contributed by atoms with Gasteiger partial charge in [0, 0.05) is 32.1 Å². The van der Waals surface area contributed by atoms with Gasteiger partial charge in [-0.05, 0) is 41.0 Å². The number of amides is 1. The molecule has 0 N–H and O–H groups in total. The van der Waals surface area contributed by atoms with Crippen LogP contribution in [0, 0.1) is 18.3 Å². The van der Waals surface area contributed by atoms with Crippen LogP contribution in [0.15, 0.2) is 48.5 Å². The second-order valence-corrected chi connectivity index (χ2v) is 8.28. The maximum absolute atomic E-state index is 12.7. The van der Waals surface area contributed by atoms with Gasteiger partial charge in [-0.15, -0.1) is 6.42 Å². The summed E-state index contributed by atoms with van der Waals surface area (Å²) in [6, 6.07) is 17.1. The molecule has 0 radical (unpaired) electrons. The number of fused-ring (bicyclic) bond motifs is 3. The Morgan fingerprint density at radius 3 is 2.14 bits per heavy atom. The maximum Gasteiger partial charge on any atom is 0.409 e. The SMILES string of the molecule is C#CC(C1CC1)N1CCN(C(=O)OCC2c3ccccc3-c3ccccc32)CC1. The maximum atomic E-state index is 12.7. The highest BCUT2D eigenvalue weighted by molar-refractivity contribution is 5.79. The highest BCUT2D eigenvalue weighted by Gasteiger charge is 2.36. The fourth-order valence-corrected chi connectivity index (χ4v) is 4.82. The lowest BCUT2D eigenvalue weighted by molar-refractivity contribution is 0.0667. The van der Waals surface area contributed by atoms with Gasteiger partial charge in [0.05, 0.1) is 6.04 Å². The van der Waals surface area contributed by atoms with E-state index in [1.165, 1.54) is 35.1 Å². The third kappa shape index (κ3) is 3.41. The van der Waals surface area contributed by atoms with Gasteiger partial charge in [-0.2, -0.15) is 0 Å². The van der Waals surface area contributed by atoms with Crippen molar-refractivity contribution in [1.29, 1.82) is 0 Å². The lowest BCUT2D eigenvalue weighted by Gasteiger charge is -2.37. The van der Waals surface area contributed by atoms with Gasteiger partial charge < -0.3 is 9.64 Å². The van der Waals surface area contributed by atoms with Gasteiger partial charge in [-0.1, -0.05) is 54.5 Å². The van der Waals surface area contributed by atoms with Crippen molar-refractivity contribution in [3.63, 3.8) is 0 Å². The molecule has 2 aromatic rings. The smallest absolute Gasteiger partial charge is 0.409 e. The minimum atomic E-state index is -0.213. The molecular formula is C25H26N2O2. The monoisotopic (exact) mass is 386 g/mol. The van der Waals surface area contributed by atoms with Crippen LogP contribution in [-0.4, -0.2) is 54.7 Å². The summed E-state index contributed by atoms with van der Waals surface area (Å²) in [5.74, 6) is 3.71.